The molecule has 0 bridgehead atoms. The summed E-state index contributed by atoms with van der Waals surface area (Å²) in [5, 5.41) is 0. The Morgan fingerprint density at radius 3 is 2.38 bits per heavy atom. The molecule has 2 heterocycles. The quantitative estimate of drug-likeness (QED) is 0.628. The van der Waals surface area contributed by atoms with E-state index in [0.29, 0.717) is 36.5 Å². The van der Waals surface area contributed by atoms with Crippen molar-refractivity contribution in [1.82, 2.24) is 9.80 Å². The van der Waals surface area contributed by atoms with Gasteiger partial charge in [-0.25, -0.2) is 4.39 Å². The van der Waals surface area contributed by atoms with Gasteiger partial charge >= 0.3 is 0 Å². The minimum Gasteiger partial charge on any atom is -0.457 e. The lowest BCUT2D eigenvalue weighted by Gasteiger charge is -2.41. The van der Waals surface area contributed by atoms with E-state index in [1.54, 1.807) is 19.2 Å². The predicted octanol–water partition coefficient (Wildman–Crippen LogP) is 4.65. The molecule has 2 aromatic rings. The Hall–Kier alpha value is -2.44. The van der Waals surface area contributed by atoms with Crippen LogP contribution in [-0.2, 0) is 16.0 Å². The predicted molar refractivity (Wildman–Crippen MR) is 122 cm³/mol. The Bertz CT molecular complexity index is 873. The first kappa shape index (κ1) is 22.7. The Balaban J connectivity index is 1.22. The first-order valence-corrected chi connectivity index (χ1v) is 11.7. The van der Waals surface area contributed by atoms with Crippen LogP contribution in [0.15, 0.2) is 48.5 Å². The van der Waals surface area contributed by atoms with Crippen LogP contribution in [0, 0.1) is 5.82 Å². The molecule has 2 saturated heterocycles. The van der Waals surface area contributed by atoms with E-state index in [1.165, 1.54) is 12.1 Å². The lowest BCUT2D eigenvalue weighted by molar-refractivity contribution is -0.132. The number of amides is 1. The highest BCUT2D eigenvalue weighted by Gasteiger charge is 2.29. The maximum absolute atomic E-state index is 13.1. The number of hydrogen-bond acceptors (Lipinski definition) is 4. The molecule has 6 heteroatoms. The number of likely N-dealkylation sites (tertiary alicyclic amines) is 2. The molecule has 0 radical (unpaired) electrons. The van der Waals surface area contributed by atoms with Crippen molar-refractivity contribution in [2.75, 3.05) is 33.3 Å². The van der Waals surface area contributed by atoms with Gasteiger partial charge in [-0.3, -0.25) is 4.79 Å². The van der Waals surface area contributed by atoms with Crippen LogP contribution in [0.4, 0.5) is 4.39 Å². The number of rotatable bonds is 7. The normalized spacial score (nSPS) is 18.6. The highest BCUT2D eigenvalue weighted by Crippen LogP contribution is 2.24. The summed E-state index contributed by atoms with van der Waals surface area (Å²) in [7, 11) is 1.80. The molecule has 0 N–H and O–H groups in total. The number of carbonyl (C=O) groups is 1. The molecule has 1 amide bonds. The molecule has 0 aromatic heterocycles. The summed E-state index contributed by atoms with van der Waals surface area (Å²) in [6.45, 7) is 3.91. The molecule has 0 aliphatic carbocycles. The number of ether oxygens (including phenoxy) is 2. The fourth-order valence-electron chi connectivity index (χ4n) is 4.77. The highest BCUT2D eigenvalue weighted by molar-refractivity contribution is 5.76. The highest BCUT2D eigenvalue weighted by atomic mass is 19.1. The van der Waals surface area contributed by atoms with Gasteiger partial charge in [0.1, 0.15) is 17.3 Å². The first-order chi connectivity index (χ1) is 15.6. The third kappa shape index (κ3) is 6.08. The van der Waals surface area contributed by atoms with Gasteiger partial charge in [0.25, 0.3) is 0 Å². The maximum atomic E-state index is 13.1. The Morgan fingerprint density at radius 1 is 0.969 bits per heavy atom. The second kappa shape index (κ2) is 10.9. The molecule has 2 fully saturated rings. The van der Waals surface area contributed by atoms with Crippen LogP contribution in [0.2, 0.25) is 0 Å². The van der Waals surface area contributed by atoms with Crippen molar-refractivity contribution >= 4 is 5.91 Å². The average molecular weight is 441 g/mol. The number of carbonyl (C=O) groups excluding carboxylic acids is 1. The molecule has 4 rings (SSSR count). The molecule has 172 valence electrons. The van der Waals surface area contributed by atoms with Gasteiger partial charge in [0.05, 0.1) is 6.10 Å². The topological polar surface area (TPSA) is 42.0 Å². The lowest BCUT2D eigenvalue weighted by Crippen LogP contribution is -2.49. The van der Waals surface area contributed by atoms with Crippen molar-refractivity contribution in [2.24, 2.45) is 0 Å². The van der Waals surface area contributed by atoms with Crippen molar-refractivity contribution < 1.29 is 18.7 Å². The minimum atomic E-state index is -0.288. The van der Waals surface area contributed by atoms with Crippen molar-refractivity contribution in [2.45, 2.75) is 50.7 Å². The van der Waals surface area contributed by atoms with Crippen molar-refractivity contribution in [3.8, 4) is 11.5 Å². The van der Waals surface area contributed by atoms with Gasteiger partial charge in [-0.2, -0.15) is 0 Å². The first-order valence-electron chi connectivity index (χ1n) is 11.7. The summed E-state index contributed by atoms with van der Waals surface area (Å²) in [5.74, 6) is 1.23. The van der Waals surface area contributed by atoms with E-state index in [9.17, 15) is 9.18 Å². The number of piperidine rings is 2. The van der Waals surface area contributed by atoms with Crippen LogP contribution >= 0.6 is 0 Å². The van der Waals surface area contributed by atoms with Crippen LogP contribution in [0.5, 0.6) is 11.5 Å². The Labute approximate surface area is 190 Å². The fourth-order valence-corrected chi connectivity index (χ4v) is 4.77. The summed E-state index contributed by atoms with van der Waals surface area (Å²) < 4.78 is 24.3. The SMILES string of the molecule is COC1CCN(C2CCN(C(=O)CCc3cccc(Oc4ccc(F)cc4)c3)CC2)CC1. The number of halogens is 1. The van der Waals surface area contributed by atoms with E-state index in [1.807, 2.05) is 29.2 Å². The minimum absolute atomic E-state index is 0.228. The van der Waals surface area contributed by atoms with Gasteiger partial charge in [0.15, 0.2) is 0 Å². The average Bonchev–Trinajstić information content (AvgIpc) is 2.84. The van der Waals surface area contributed by atoms with E-state index >= 15 is 0 Å². The second-order valence-corrected chi connectivity index (χ2v) is 8.79. The van der Waals surface area contributed by atoms with Crippen molar-refractivity contribution in [1.29, 1.82) is 0 Å². The molecule has 2 aromatic carbocycles. The van der Waals surface area contributed by atoms with Gasteiger partial charge in [-0.1, -0.05) is 12.1 Å². The summed E-state index contributed by atoms with van der Waals surface area (Å²) in [5.41, 5.74) is 1.06. The van der Waals surface area contributed by atoms with Gasteiger partial charge in [-0.05, 0) is 74.1 Å². The summed E-state index contributed by atoms with van der Waals surface area (Å²) in [6.07, 6.45) is 5.94. The van der Waals surface area contributed by atoms with E-state index in [-0.39, 0.29) is 11.7 Å². The number of nitrogens with zero attached hydrogens (tertiary/aromatic N) is 2. The van der Waals surface area contributed by atoms with Gasteiger partial charge in [-0.15, -0.1) is 0 Å². The van der Waals surface area contributed by atoms with Gasteiger partial charge < -0.3 is 19.3 Å². The third-order valence-corrected chi connectivity index (χ3v) is 6.72. The summed E-state index contributed by atoms with van der Waals surface area (Å²) in [4.78, 5) is 17.4. The Morgan fingerprint density at radius 2 is 1.69 bits per heavy atom. The van der Waals surface area contributed by atoms with Gasteiger partial charge in [0, 0.05) is 45.8 Å². The van der Waals surface area contributed by atoms with E-state index in [0.717, 1.165) is 57.4 Å². The van der Waals surface area contributed by atoms with Crippen LogP contribution in [0.3, 0.4) is 0 Å². The molecule has 0 saturated carbocycles. The number of aryl methyl sites for hydroxylation is 1. The van der Waals surface area contributed by atoms with Crippen molar-refractivity contribution in [3.63, 3.8) is 0 Å². The maximum Gasteiger partial charge on any atom is 0.222 e. The van der Waals surface area contributed by atoms with E-state index in [4.69, 9.17) is 9.47 Å². The molecule has 0 spiro atoms. The zero-order valence-corrected chi connectivity index (χ0v) is 18.8. The monoisotopic (exact) mass is 440 g/mol. The number of benzene rings is 2. The van der Waals surface area contributed by atoms with Gasteiger partial charge in [0.2, 0.25) is 5.91 Å². The van der Waals surface area contributed by atoms with E-state index in [2.05, 4.69) is 4.90 Å². The molecule has 2 aliphatic heterocycles. The molecular formula is C26H33FN2O3. The standard InChI is InChI=1S/C26H33FN2O3/c1-31-23-13-17-28(18-14-23)22-11-15-29(16-12-22)26(30)10-5-20-3-2-4-25(19-20)32-24-8-6-21(27)7-9-24/h2-4,6-9,19,22-23H,5,10-18H2,1H3. The molecule has 5 nitrogen and oxygen atoms in total. The Kier molecular flexibility index (Phi) is 7.76. The molecule has 0 unspecified atom stereocenters. The fraction of sp³-hybridized carbons (Fsp3) is 0.500. The molecule has 2 aliphatic rings. The van der Waals surface area contributed by atoms with Crippen LogP contribution in [0.25, 0.3) is 0 Å². The van der Waals surface area contributed by atoms with Crippen LogP contribution < -0.4 is 4.74 Å². The van der Waals surface area contributed by atoms with Crippen LogP contribution in [-0.4, -0.2) is 61.1 Å². The zero-order valence-electron chi connectivity index (χ0n) is 18.8. The number of hydrogen-bond donors (Lipinski definition) is 0. The van der Waals surface area contributed by atoms with E-state index < -0.39 is 0 Å². The smallest absolute Gasteiger partial charge is 0.222 e. The second-order valence-electron chi connectivity index (χ2n) is 8.79. The molecule has 32 heavy (non-hydrogen) atoms. The summed E-state index contributed by atoms with van der Waals surface area (Å²) in [6, 6.07) is 14.3. The summed E-state index contributed by atoms with van der Waals surface area (Å²) >= 11 is 0. The largest absolute Gasteiger partial charge is 0.457 e. The number of methoxy groups -OCH3 is 1. The zero-order chi connectivity index (χ0) is 22.3. The van der Waals surface area contributed by atoms with Crippen LogP contribution in [0.1, 0.15) is 37.7 Å². The third-order valence-electron chi connectivity index (χ3n) is 6.72. The molecule has 0 atom stereocenters. The van der Waals surface area contributed by atoms with Crippen molar-refractivity contribution in [3.05, 3.63) is 59.9 Å². The molecular weight excluding hydrogens is 407 g/mol. The lowest BCUT2D eigenvalue weighted by atomic mass is 9.98.